The molecule has 0 bridgehead atoms. The van der Waals surface area contributed by atoms with Crippen LogP contribution in [0.25, 0.3) is 16.6 Å². The third-order valence-corrected chi connectivity index (χ3v) is 5.71. The van der Waals surface area contributed by atoms with Crippen LogP contribution in [0.3, 0.4) is 0 Å². The molecular formula is C23H19F2N3O4S. The first-order valence-electron chi connectivity index (χ1n) is 9.88. The number of carbonyl (C=O) groups is 1. The summed E-state index contributed by atoms with van der Waals surface area (Å²) in [5, 5.41) is 0.706. The van der Waals surface area contributed by atoms with Gasteiger partial charge < -0.3 is 14.1 Å². The number of alkyl halides is 2. The minimum Gasteiger partial charge on any atom is -0.467 e. The minimum atomic E-state index is -2.95. The molecule has 1 amide bonds. The van der Waals surface area contributed by atoms with Gasteiger partial charge in [0.1, 0.15) is 11.5 Å². The van der Waals surface area contributed by atoms with Gasteiger partial charge >= 0.3 is 6.61 Å². The molecule has 0 unspecified atom stereocenters. The van der Waals surface area contributed by atoms with Gasteiger partial charge in [0.15, 0.2) is 5.16 Å². The van der Waals surface area contributed by atoms with E-state index in [1.165, 1.54) is 40.0 Å². The number of furan rings is 1. The number of hydrogen-bond acceptors (Lipinski definition) is 6. The Labute approximate surface area is 191 Å². The number of amides is 1. The molecule has 0 radical (unpaired) electrons. The van der Waals surface area contributed by atoms with Crippen LogP contribution in [-0.2, 0) is 11.3 Å². The van der Waals surface area contributed by atoms with Crippen LogP contribution in [0, 0.1) is 0 Å². The van der Waals surface area contributed by atoms with E-state index in [9.17, 15) is 18.4 Å². The van der Waals surface area contributed by atoms with Gasteiger partial charge in [-0.25, -0.2) is 4.98 Å². The Bertz CT molecular complexity index is 1310. The van der Waals surface area contributed by atoms with Gasteiger partial charge in [0.05, 0.1) is 35.2 Å². The molecule has 7 nitrogen and oxygen atoms in total. The number of para-hydroxylation sites is 1. The van der Waals surface area contributed by atoms with Crippen LogP contribution in [0.1, 0.15) is 5.76 Å². The lowest BCUT2D eigenvalue weighted by Crippen LogP contribution is -2.28. The average Bonchev–Trinajstić information content (AvgIpc) is 3.31. The highest BCUT2D eigenvalue weighted by Gasteiger charge is 2.17. The van der Waals surface area contributed by atoms with Gasteiger partial charge in [-0.3, -0.25) is 14.2 Å². The number of halogens is 2. The first-order valence-corrected chi connectivity index (χ1v) is 10.9. The molecule has 0 saturated heterocycles. The van der Waals surface area contributed by atoms with Gasteiger partial charge in [-0.1, -0.05) is 23.9 Å². The predicted octanol–water partition coefficient (Wildman–Crippen LogP) is 4.33. The van der Waals surface area contributed by atoms with E-state index in [0.29, 0.717) is 34.1 Å². The van der Waals surface area contributed by atoms with Crippen molar-refractivity contribution in [3.8, 4) is 11.4 Å². The summed E-state index contributed by atoms with van der Waals surface area (Å²) in [4.78, 5) is 32.0. The maximum absolute atomic E-state index is 13.3. The first-order chi connectivity index (χ1) is 15.9. The molecule has 0 aliphatic carbocycles. The molecule has 4 rings (SSSR count). The third kappa shape index (κ3) is 5.23. The van der Waals surface area contributed by atoms with E-state index in [1.54, 1.807) is 43.4 Å². The summed E-state index contributed by atoms with van der Waals surface area (Å²) in [6, 6.07) is 16.1. The fourth-order valence-corrected chi connectivity index (χ4v) is 4.13. The van der Waals surface area contributed by atoms with Crippen LogP contribution in [0.4, 0.5) is 8.78 Å². The summed E-state index contributed by atoms with van der Waals surface area (Å²) < 4.78 is 36.0. The van der Waals surface area contributed by atoms with E-state index in [1.807, 2.05) is 0 Å². The molecule has 2 heterocycles. The molecule has 170 valence electrons. The van der Waals surface area contributed by atoms with Gasteiger partial charge in [0.25, 0.3) is 5.56 Å². The number of carbonyl (C=O) groups excluding carboxylic acids is 1. The summed E-state index contributed by atoms with van der Waals surface area (Å²) in [6.07, 6.45) is 1.54. The molecule has 0 saturated carbocycles. The number of thioether (sulfide) groups is 1. The van der Waals surface area contributed by atoms with Crippen molar-refractivity contribution in [3.05, 3.63) is 83.0 Å². The molecule has 0 aliphatic rings. The minimum absolute atomic E-state index is 0.0283. The van der Waals surface area contributed by atoms with Crippen LogP contribution in [-0.4, -0.2) is 39.8 Å². The monoisotopic (exact) mass is 471 g/mol. The van der Waals surface area contributed by atoms with Crippen LogP contribution in [0.2, 0.25) is 0 Å². The second-order valence-corrected chi connectivity index (χ2v) is 7.98. The van der Waals surface area contributed by atoms with E-state index >= 15 is 0 Å². The number of fused-ring (bicyclic) bond motifs is 1. The lowest BCUT2D eigenvalue weighted by atomic mass is 10.2. The van der Waals surface area contributed by atoms with E-state index in [0.717, 1.165) is 11.8 Å². The van der Waals surface area contributed by atoms with E-state index < -0.39 is 6.61 Å². The standard InChI is InChI=1S/C23H19F2N3O4S/c1-27(13-17-5-4-12-31-17)20(29)14-33-23-26-19-7-3-2-6-18(19)21(30)28(23)15-8-10-16(11-9-15)32-22(24)25/h2-12,22H,13-14H2,1H3. The van der Waals surface area contributed by atoms with Crippen molar-refractivity contribution >= 4 is 28.6 Å². The van der Waals surface area contributed by atoms with Crippen molar-refractivity contribution < 1.29 is 22.7 Å². The molecule has 4 aromatic rings. The van der Waals surface area contributed by atoms with Gasteiger partial charge in [0.2, 0.25) is 5.91 Å². The highest BCUT2D eigenvalue weighted by Crippen LogP contribution is 2.24. The number of hydrogen-bond donors (Lipinski definition) is 0. The number of benzene rings is 2. The Kier molecular flexibility index (Phi) is 6.74. The summed E-state index contributed by atoms with van der Waals surface area (Å²) in [5.41, 5.74) is 0.580. The van der Waals surface area contributed by atoms with Crippen molar-refractivity contribution in [3.63, 3.8) is 0 Å². The fourth-order valence-electron chi connectivity index (χ4n) is 3.17. The molecule has 2 aromatic carbocycles. The number of aromatic nitrogens is 2. The quantitative estimate of drug-likeness (QED) is 0.281. The summed E-state index contributed by atoms with van der Waals surface area (Å²) in [6.45, 7) is -2.63. The second-order valence-electron chi connectivity index (χ2n) is 7.04. The molecule has 0 aliphatic heterocycles. The number of nitrogens with zero attached hydrogens (tertiary/aromatic N) is 3. The zero-order valence-electron chi connectivity index (χ0n) is 17.5. The largest absolute Gasteiger partial charge is 0.467 e. The lowest BCUT2D eigenvalue weighted by Gasteiger charge is -2.17. The highest BCUT2D eigenvalue weighted by atomic mass is 32.2. The molecule has 0 atom stereocenters. The number of rotatable bonds is 8. The smallest absolute Gasteiger partial charge is 0.387 e. The van der Waals surface area contributed by atoms with E-state index in [-0.39, 0.29) is 23.0 Å². The van der Waals surface area contributed by atoms with Crippen LogP contribution < -0.4 is 10.3 Å². The predicted molar refractivity (Wildman–Crippen MR) is 120 cm³/mol. The molecular weight excluding hydrogens is 452 g/mol. The van der Waals surface area contributed by atoms with Crippen LogP contribution in [0.15, 0.2) is 81.3 Å². The number of ether oxygens (including phenoxy) is 1. The van der Waals surface area contributed by atoms with Gasteiger partial charge in [-0.15, -0.1) is 0 Å². The Morgan fingerprint density at radius 2 is 1.91 bits per heavy atom. The van der Waals surface area contributed by atoms with E-state index in [4.69, 9.17) is 4.42 Å². The fraction of sp³-hybridized carbons (Fsp3) is 0.174. The maximum Gasteiger partial charge on any atom is 0.387 e. The normalized spacial score (nSPS) is 11.2. The van der Waals surface area contributed by atoms with Crippen molar-refractivity contribution in [1.29, 1.82) is 0 Å². The van der Waals surface area contributed by atoms with Gasteiger partial charge in [0, 0.05) is 7.05 Å². The molecule has 0 N–H and O–H groups in total. The van der Waals surface area contributed by atoms with Gasteiger partial charge in [-0.05, 0) is 48.5 Å². The Hall–Kier alpha value is -3.66. The topological polar surface area (TPSA) is 77.6 Å². The Morgan fingerprint density at radius 3 is 2.61 bits per heavy atom. The van der Waals surface area contributed by atoms with Crippen molar-refractivity contribution in [1.82, 2.24) is 14.5 Å². The average molecular weight is 471 g/mol. The zero-order chi connectivity index (χ0) is 23.4. The lowest BCUT2D eigenvalue weighted by molar-refractivity contribution is -0.127. The molecule has 33 heavy (non-hydrogen) atoms. The second kappa shape index (κ2) is 9.86. The molecule has 2 aromatic heterocycles. The SMILES string of the molecule is CN(Cc1ccco1)C(=O)CSc1nc2ccccc2c(=O)n1-c1ccc(OC(F)F)cc1. The summed E-state index contributed by atoms with van der Waals surface area (Å²) >= 11 is 1.11. The van der Waals surface area contributed by atoms with Crippen molar-refractivity contribution in [2.45, 2.75) is 18.3 Å². The van der Waals surface area contributed by atoms with Crippen LogP contribution in [0.5, 0.6) is 5.75 Å². The van der Waals surface area contributed by atoms with Crippen LogP contribution >= 0.6 is 11.8 Å². The maximum atomic E-state index is 13.3. The van der Waals surface area contributed by atoms with Gasteiger partial charge in [-0.2, -0.15) is 8.78 Å². The molecule has 0 fully saturated rings. The third-order valence-electron chi connectivity index (χ3n) is 4.79. The molecule has 10 heteroatoms. The molecule has 0 spiro atoms. The van der Waals surface area contributed by atoms with Crippen molar-refractivity contribution in [2.75, 3.05) is 12.8 Å². The highest BCUT2D eigenvalue weighted by molar-refractivity contribution is 7.99. The Balaban J connectivity index is 1.64. The summed E-state index contributed by atoms with van der Waals surface area (Å²) in [7, 11) is 1.66. The van der Waals surface area contributed by atoms with Crippen molar-refractivity contribution in [2.24, 2.45) is 0 Å². The summed E-state index contributed by atoms with van der Waals surface area (Å²) in [5.74, 6) is 0.488. The first kappa shape index (κ1) is 22.5. The Morgan fingerprint density at radius 1 is 1.15 bits per heavy atom. The zero-order valence-corrected chi connectivity index (χ0v) is 18.3. The van der Waals surface area contributed by atoms with E-state index in [2.05, 4.69) is 9.72 Å².